The first-order valence-electron chi connectivity index (χ1n) is 10.3. The van der Waals surface area contributed by atoms with E-state index in [4.69, 9.17) is 0 Å². The second-order valence-corrected chi connectivity index (χ2v) is 10.8. The van der Waals surface area contributed by atoms with Crippen molar-refractivity contribution in [3.8, 4) is 0 Å². The van der Waals surface area contributed by atoms with Crippen molar-refractivity contribution in [1.29, 1.82) is 0 Å². The summed E-state index contributed by atoms with van der Waals surface area (Å²) in [6.45, 7) is 4.63. The minimum Gasteiger partial charge on any atom is -0.367 e. The Labute approximate surface area is 180 Å². The van der Waals surface area contributed by atoms with Gasteiger partial charge < -0.3 is 9.80 Å². The zero-order chi connectivity index (χ0) is 22.5. The molecule has 31 heavy (non-hydrogen) atoms. The Morgan fingerprint density at radius 1 is 1.10 bits per heavy atom. The minimum atomic E-state index is -3.36. The maximum absolute atomic E-state index is 14.9. The molecule has 1 aromatic rings. The Bertz CT molecular complexity index is 1050. The number of amides is 3. The van der Waals surface area contributed by atoms with Crippen molar-refractivity contribution in [1.82, 2.24) is 14.5 Å². The zero-order valence-electron chi connectivity index (χ0n) is 17.4. The van der Waals surface area contributed by atoms with E-state index in [2.05, 4.69) is 5.32 Å². The highest BCUT2D eigenvalue weighted by molar-refractivity contribution is 7.89. The van der Waals surface area contributed by atoms with Crippen molar-refractivity contribution in [2.75, 3.05) is 31.1 Å². The Morgan fingerprint density at radius 3 is 2.39 bits per heavy atom. The number of fused-ring (bicyclic) bond motifs is 1. The van der Waals surface area contributed by atoms with Crippen LogP contribution < -0.4 is 10.2 Å². The molecule has 1 atom stereocenters. The van der Waals surface area contributed by atoms with Crippen molar-refractivity contribution in [2.24, 2.45) is 0 Å². The van der Waals surface area contributed by atoms with Gasteiger partial charge in [0.05, 0.1) is 10.9 Å². The predicted octanol–water partition coefficient (Wildman–Crippen LogP) is 0.447. The molecule has 1 aromatic carbocycles. The van der Waals surface area contributed by atoms with E-state index in [9.17, 15) is 27.2 Å². The number of imide groups is 1. The number of piperidine rings is 1. The van der Waals surface area contributed by atoms with Gasteiger partial charge in [0.15, 0.2) is 0 Å². The van der Waals surface area contributed by atoms with Gasteiger partial charge in [0, 0.05) is 44.7 Å². The molecule has 0 spiro atoms. The number of carbonyl (C=O) groups is 3. The summed E-state index contributed by atoms with van der Waals surface area (Å²) in [5, 5.41) is 1.73. The van der Waals surface area contributed by atoms with Gasteiger partial charge in [0.25, 0.3) is 5.91 Å². The third-order valence-electron chi connectivity index (χ3n) is 6.13. The Morgan fingerprint density at radius 2 is 1.77 bits per heavy atom. The first kappa shape index (κ1) is 21.7. The maximum Gasteiger partial charge on any atom is 0.255 e. The average molecular weight is 453 g/mol. The van der Waals surface area contributed by atoms with Gasteiger partial charge in [-0.05, 0) is 38.0 Å². The van der Waals surface area contributed by atoms with Gasteiger partial charge in [-0.3, -0.25) is 19.7 Å². The second kappa shape index (κ2) is 7.86. The lowest BCUT2D eigenvalue weighted by Gasteiger charge is -2.36. The van der Waals surface area contributed by atoms with Crippen molar-refractivity contribution in [3.63, 3.8) is 0 Å². The number of piperazine rings is 1. The molecule has 2 saturated heterocycles. The monoisotopic (exact) mass is 452 g/mol. The van der Waals surface area contributed by atoms with E-state index in [1.54, 1.807) is 24.8 Å². The van der Waals surface area contributed by atoms with Crippen molar-refractivity contribution in [2.45, 2.75) is 44.5 Å². The Hall–Kier alpha value is -2.53. The molecular formula is C20H25FN4O5S. The Balaban J connectivity index is 1.51. The number of anilines is 1. The van der Waals surface area contributed by atoms with Gasteiger partial charge in [-0.1, -0.05) is 0 Å². The summed E-state index contributed by atoms with van der Waals surface area (Å²) in [6.07, 6.45) is 0.395. The standard InChI is InChI=1S/C20H25FN4O5S/c1-12(2)31(29,30)24-7-5-23(6-8-24)17-9-13-11-25(20(28)14(13)10-15(17)21)16-3-4-18(26)22-19(16)27/h9-10,12,16H,3-8,11H2,1-2H3,(H,22,26,27). The number of carbonyl (C=O) groups excluding carboxylic acids is 3. The van der Waals surface area contributed by atoms with Crippen LogP contribution in [0.15, 0.2) is 12.1 Å². The van der Waals surface area contributed by atoms with Crippen LogP contribution in [0.3, 0.4) is 0 Å². The van der Waals surface area contributed by atoms with Crippen LogP contribution in [0, 0.1) is 5.82 Å². The number of benzene rings is 1. The summed E-state index contributed by atoms with van der Waals surface area (Å²) in [5.41, 5.74) is 1.15. The highest BCUT2D eigenvalue weighted by Crippen LogP contribution is 2.33. The third kappa shape index (κ3) is 3.80. The van der Waals surface area contributed by atoms with Crippen LogP contribution in [-0.2, 0) is 26.2 Å². The first-order chi connectivity index (χ1) is 14.6. The van der Waals surface area contributed by atoms with Crippen LogP contribution in [0.2, 0.25) is 0 Å². The minimum absolute atomic E-state index is 0.152. The molecule has 0 aliphatic carbocycles. The lowest BCUT2D eigenvalue weighted by Crippen LogP contribution is -2.52. The topological polar surface area (TPSA) is 107 Å². The normalized spacial score (nSPS) is 22.8. The number of nitrogens with zero attached hydrogens (tertiary/aromatic N) is 3. The molecule has 2 fully saturated rings. The predicted molar refractivity (Wildman–Crippen MR) is 110 cm³/mol. The van der Waals surface area contributed by atoms with Gasteiger partial charge in [-0.15, -0.1) is 0 Å². The molecule has 1 N–H and O–H groups in total. The lowest BCUT2D eigenvalue weighted by molar-refractivity contribution is -0.136. The molecule has 3 aliphatic heterocycles. The summed E-state index contributed by atoms with van der Waals surface area (Å²) in [4.78, 5) is 39.5. The van der Waals surface area contributed by atoms with Gasteiger partial charge >= 0.3 is 0 Å². The molecule has 0 saturated carbocycles. The number of sulfonamides is 1. The van der Waals surface area contributed by atoms with Crippen LogP contribution in [0.4, 0.5) is 10.1 Å². The number of hydrogen-bond acceptors (Lipinski definition) is 6. The molecule has 4 rings (SSSR count). The van der Waals surface area contributed by atoms with Crippen molar-refractivity contribution in [3.05, 3.63) is 29.1 Å². The molecule has 0 aromatic heterocycles. The third-order valence-corrected chi connectivity index (χ3v) is 8.40. The molecular weight excluding hydrogens is 427 g/mol. The molecule has 3 heterocycles. The Kier molecular flexibility index (Phi) is 5.50. The molecule has 9 nitrogen and oxygen atoms in total. The SMILES string of the molecule is CC(C)S(=O)(=O)N1CCN(c2cc3c(cc2F)C(=O)N(C2CCC(=O)NC2=O)C3)CC1. The van der Waals surface area contributed by atoms with Gasteiger partial charge in [0.2, 0.25) is 21.8 Å². The van der Waals surface area contributed by atoms with Crippen LogP contribution in [0.25, 0.3) is 0 Å². The van der Waals surface area contributed by atoms with Crippen molar-refractivity contribution < 1.29 is 27.2 Å². The average Bonchev–Trinajstić information content (AvgIpc) is 3.03. The fourth-order valence-electron chi connectivity index (χ4n) is 4.30. The van der Waals surface area contributed by atoms with Crippen LogP contribution in [0.5, 0.6) is 0 Å². The van der Waals surface area contributed by atoms with E-state index in [1.807, 2.05) is 0 Å². The highest BCUT2D eigenvalue weighted by atomic mass is 32.2. The van der Waals surface area contributed by atoms with E-state index in [0.717, 1.165) is 0 Å². The maximum atomic E-state index is 14.9. The van der Waals surface area contributed by atoms with Gasteiger partial charge in [-0.25, -0.2) is 12.8 Å². The highest BCUT2D eigenvalue weighted by Gasteiger charge is 2.40. The lowest BCUT2D eigenvalue weighted by atomic mass is 10.0. The van der Waals surface area contributed by atoms with E-state index in [-0.39, 0.29) is 43.9 Å². The molecule has 11 heteroatoms. The van der Waals surface area contributed by atoms with Gasteiger partial charge in [-0.2, -0.15) is 4.31 Å². The van der Waals surface area contributed by atoms with Crippen LogP contribution >= 0.6 is 0 Å². The zero-order valence-corrected chi connectivity index (χ0v) is 18.2. The largest absolute Gasteiger partial charge is 0.367 e. The van der Waals surface area contributed by atoms with Gasteiger partial charge in [0.1, 0.15) is 11.9 Å². The number of nitrogens with one attached hydrogen (secondary N) is 1. The van der Waals surface area contributed by atoms with Crippen molar-refractivity contribution >= 4 is 33.4 Å². The fourth-order valence-corrected chi connectivity index (χ4v) is 5.57. The van der Waals surface area contributed by atoms with E-state index in [1.165, 1.54) is 15.3 Å². The summed E-state index contributed by atoms with van der Waals surface area (Å²) < 4.78 is 41.0. The molecule has 1 unspecified atom stereocenters. The smallest absolute Gasteiger partial charge is 0.255 e. The summed E-state index contributed by atoms with van der Waals surface area (Å²) >= 11 is 0. The number of hydrogen-bond donors (Lipinski definition) is 1. The molecule has 0 radical (unpaired) electrons. The molecule has 168 valence electrons. The summed E-state index contributed by atoms with van der Waals surface area (Å²) in [5.74, 6) is -1.86. The van der Waals surface area contributed by atoms with E-state index < -0.39 is 38.9 Å². The summed E-state index contributed by atoms with van der Waals surface area (Å²) in [6, 6.07) is 2.05. The number of halogens is 1. The van der Waals surface area contributed by atoms with E-state index >= 15 is 0 Å². The fraction of sp³-hybridized carbons (Fsp3) is 0.550. The van der Waals surface area contributed by atoms with Crippen LogP contribution in [-0.4, -0.2) is 72.8 Å². The quantitative estimate of drug-likeness (QED) is 0.665. The summed E-state index contributed by atoms with van der Waals surface area (Å²) in [7, 11) is -3.36. The number of rotatable bonds is 4. The van der Waals surface area contributed by atoms with Crippen LogP contribution in [0.1, 0.15) is 42.6 Å². The van der Waals surface area contributed by atoms with E-state index in [0.29, 0.717) is 24.3 Å². The molecule has 0 bridgehead atoms. The molecule has 3 aliphatic rings. The second-order valence-electron chi connectivity index (χ2n) is 8.34. The molecule has 3 amide bonds. The first-order valence-corrected chi connectivity index (χ1v) is 11.8.